The van der Waals surface area contributed by atoms with Gasteiger partial charge in [0, 0.05) is 17.4 Å². The minimum absolute atomic E-state index is 0.172. The van der Waals surface area contributed by atoms with E-state index >= 15 is 0 Å². The molecule has 0 saturated heterocycles. The summed E-state index contributed by atoms with van der Waals surface area (Å²) in [5.74, 6) is 0. The Bertz CT molecular complexity index is 412. The van der Waals surface area contributed by atoms with E-state index in [-0.39, 0.29) is 6.54 Å². The van der Waals surface area contributed by atoms with Crippen LogP contribution in [0.25, 0.3) is 0 Å². The SMILES string of the molecule is CC(C)(C)OC(=O)NCC(O)Cc1ccc(Br)cc1. The lowest BCUT2D eigenvalue weighted by molar-refractivity contribution is 0.0492. The van der Waals surface area contributed by atoms with Crippen molar-refractivity contribution in [2.45, 2.75) is 38.9 Å². The van der Waals surface area contributed by atoms with Crippen LogP contribution in [0.1, 0.15) is 26.3 Å². The fourth-order valence-electron chi connectivity index (χ4n) is 1.48. The summed E-state index contributed by atoms with van der Waals surface area (Å²) in [5, 5.41) is 12.4. The minimum Gasteiger partial charge on any atom is -0.444 e. The molecule has 1 rings (SSSR count). The number of alkyl carbamates (subject to hydrolysis) is 1. The number of ether oxygens (including phenoxy) is 1. The van der Waals surface area contributed by atoms with Crippen molar-refractivity contribution in [1.29, 1.82) is 0 Å². The number of benzene rings is 1. The van der Waals surface area contributed by atoms with E-state index in [1.165, 1.54) is 0 Å². The Balaban J connectivity index is 2.33. The number of hydrogen-bond acceptors (Lipinski definition) is 3. The second kappa shape index (κ2) is 6.91. The number of hydrogen-bond donors (Lipinski definition) is 2. The van der Waals surface area contributed by atoms with Crippen molar-refractivity contribution in [3.8, 4) is 0 Å². The molecule has 1 atom stereocenters. The van der Waals surface area contributed by atoms with Gasteiger partial charge in [0.25, 0.3) is 0 Å². The summed E-state index contributed by atoms with van der Waals surface area (Å²) in [6.07, 6.45) is -0.653. The van der Waals surface area contributed by atoms with Gasteiger partial charge in [-0.3, -0.25) is 0 Å². The molecular weight excluding hydrogens is 310 g/mol. The zero-order valence-corrected chi connectivity index (χ0v) is 13.0. The van der Waals surface area contributed by atoms with Crippen molar-refractivity contribution in [2.24, 2.45) is 0 Å². The summed E-state index contributed by atoms with van der Waals surface area (Å²) < 4.78 is 6.08. The number of carbonyl (C=O) groups is 1. The van der Waals surface area contributed by atoms with Gasteiger partial charge in [-0.1, -0.05) is 28.1 Å². The Kier molecular flexibility index (Phi) is 5.82. The molecule has 0 bridgehead atoms. The predicted molar refractivity (Wildman–Crippen MR) is 78.1 cm³/mol. The minimum atomic E-state index is -0.631. The van der Waals surface area contributed by atoms with Gasteiger partial charge in [-0.05, 0) is 38.5 Å². The third-order valence-corrected chi connectivity index (χ3v) is 2.79. The number of halogens is 1. The molecule has 0 spiro atoms. The molecule has 1 amide bonds. The molecule has 5 heteroatoms. The summed E-state index contributed by atoms with van der Waals surface area (Å²) in [4.78, 5) is 11.4. The van der Waals surface area contributed by atoms with Crippen LogP contribution in [0.4, 0.5) is 4.79 Å². The van der Waals surface area contributed by atoms with Crippen LogP contribution in [-0.2, 0) is 11.2 Å². The molecule has 2 N–H and O–H groups in total. The molecule has 1 aromatic carbocycles. The number of carbonyl (C=O) groups excluding carboxylic acids is 1. The lowest BCUT2D eigenvalue weighted by Gasteiger charge is -2.20. The van der Waals surface area contributed by atoms with Crippen LogP contribution in [0.2, 0.25) is 0 Å². The number of aliphatic hydroxyl groups is 1. The third-order valence-electron chi connectivity index (χ3n) is 2.27. The lowest BCUT2D eigenvalue weighted by atomic mass is 10.1. The number of aliphatic hydroxyl groups excluding tert-OH is 1. The normalized spacial score (nSPS) is 12.9. The van der Waals surface area contributed by atoms with Crippen molar-refractivity contribution in [3.05, 3.63) is 34.3 Å². The van der Waals surface area contributed by atoms with E-state index in [4.69, 9.17) is 4.74 Å². The van der Waals surface area contributed by atoms with Crippen LogP contribution < -0.4 is 5.32 Å². The average molecular weight is 330 g/mol. The van der Waals surface area contributed by atoms with Crippen molar-refractivity contribution in [1.82, 2.24) is 5.32 Å². The van der Waals surface area contributed by atoms with Crippen molar-refractivity contribution >= 4 is 22.0 Å². The van der Waals surface area contributed by atoms with Crippen molar-refractivity contribution in [3.63, 3.8) is 0 Å². The largest absolute Gasteiger partial charge is 0.444 e. The molecule has 4 nitrogen and oxygen atoms in total. The van der Waals surface area contributed by atoms with E-state index in [1.54, 1.807) is 20.8 Å². The summed E-state index contributed by atoms with van der Waals surface area (Å²) in [6.45, 7) is 5.56. The first kappa shape index (κ1) is 16.0. The standard InChI is InChI=1S/C14H20BrNO3/c1-14(2,3)19-13(18)16-9-12(17)8-10-4-6-11(15)7-5-10/h4-7,12,17H,8-9H2,1-3H3,(H,16,18). The third kappa shape index (κ3) is 7.18. The zero-order chi connectivity index (χ0) is 14.5. The summed E-state index contributed by atoms with van der Waals surface area (Å²) in [7, 11) is 0. The van der Waals surface area contributed by atoms with Crippen LogP contribution in [0, 0.1) is 0 Å². The molecule has 0 radical (unpaired) electrons. The number of nitrogens with one attached hydrogen (secondary N) is 1. The maximum absolute atomic E-state index is 11.4. The van der Waals surface area contributed by atoms with Crippen LogP contribution in [0.3, 0.4) is 0 Å². The highest BCUT2D eigenvalue weighted by atomic mass is 79.9. The average Bonchev–Trinajstić information content (AvgIpc) is 2.27. The first-order chi connectivity index (χ1) is 8.76. The molecule has 1 unspecified atom stereocenters. The smallest absolute Gasteiger partial charge is 0.407 e. The molecule has 1 aromatic rings. The Morgan fingerprint density at radius 2 is 1.95 bits per heavy atom. The fraction of sp³-hybridized carbons (Fsp3) is 0.500. The Hall–Kier alpha value is -1.07. The predicted octanol–water partition coefficient (Wildman–Crippen LogP) is 2.88. The van der Waals surface area contributed by atoms with Crippen molar-refractivity contribution < 1.29 is 14.6 Å². The van der Waals surface area contributed by atoms with E-state index in [2.05, 4.69) is 21.2 Å². The van der Waals surface area contributed by atoms with E-state index in [9.17, 15) is 9.90 Å². The first-order valence-electron chi connectivity index (χ1n) is 6.15. The van der Waals surface area contributed by atoms with Crippen LogP contribution in [-0.4, -0.2) is 29.4 Å². The van der Waals surface area contributed by atoms with Crippen molar-refractivity contribution in [2.75, 3.05) is 6.54 Å². The lowest BCUT2D eigenvalue weighted by Crippen LogP contribution is -2.37. The number of amides is 1. The van der Waals surface area contributed by atoms with Gasteiger partial charge >= 0.3 is 6.09 Å². The second-order valence-electron chi connectivity index (χ2n) is 5.37. The highest BCUT2D eigenvalue weighted by Gasteiger charge is 2.16. The van der Waals surface area contributed by atoms with Gasteiger partial charge in [-0.2, -0.15) is 0 Å². The molecule has 19 heavy (non-hydrogen) atoms. The molecule has 106 valence electrons. The Labute approximate surface area is 122 Å². The molecule has 0 aliphatic heterocycles. The van der Waals surface area contributed by atoms with E-state index in [0.29, 0.717) is 6.42 Å². The molecule has 0 fully saturated rings. The second-order valence-corrected chi connectivity index (χ2v) is 6.28. The molecule has 0 aromatic heterocycles. The molecular formula is C14H20BrNO3. The highest BCUT2D eigenvalue weighted by Crippen LogP contribution is 2.12. The Morgan fingerprint density at radius 1 is 1.37 bits per heavy atom. The zero-order valence-electron chi connectivity index (χ0n) is 11.4. The Morgan fingerprint density at radius 3 is 2.47 bits per heavy atom. The van der Waals surface area contributed by atoms with Gasteiger partial charge in [-0.25, -0.2) is 4.79 Å². The van der Waals surface area contributed by atoms with Gasteiger partial charge in [0.2, 0.25) is 0 Å². The molecule has 0 saturated carbocycles. The summed E-state index contributed by atoms with van der Waals surface area (Å²) in [5.41, 5.74) is 0.488. The van der Waals surface area contributed by atoms with Crippen LogP contribution >= 0.6 is 15.9 Å². The topological polar surface area (TPSA) is 58.6 Å². The maximum Gasteiger partial charge on any atom is 0.407 e. The van der Waals surface area contributed by atoms with Gasteiger partial charge in [0.05, 0.1) is 6.10 Å². The van der Waals surface area contributed by atoms with Gasteiger partial charge in [0.1, 0.15) is 5.60 Å². The fourth-order valence-corrected chi connectivity index (χ4v) is 1.74. The monoisotopic (exact) mass is 329 g/mol. The molecule has 0 aliphatic carbocycles. The highest BCUT2D eigenvalue weighted by molar-refractivity contribution is 9.10. The molecule has 0 heterocycles. The van der Waals surface area contributed by atoms with Gasteiger partial charge < -0.3 is 15.2 Å². The van der Waals surface area contributed by atoms with Crippen LogP contribution in [0.15, 0.2) is 28.7 Å². The number of rotatable bonds is 4. The summed E-state index contributed by atoms with van der Waals surface area (Å²) >= 11 is 3.35. The van der Waals surface area contributed by atoms with Crippen LogP contribution in [0.5, 0.6) is 0 Å². The quantitative estimate of drug-likeness (QED) is 0.892. The van der Waals surface area contributed by atoms with E-state index in [1.807, 2.05) is 24.3 Å². The first-order valence-corrected chi connectivity index (χ1v) is 6.95. The molecule has 0 aliphatic rings. The van der Waals surface area contributed by atoms with E-state index < -0.39 is 17.8 Å². The summed E-state index contributed by atoms with van der Waals surface area (Å²) in [6, 6.07) is 7.70. The van der Waals surface area contributed by atoms with E-state index in [0.717, 1.165) is 10.0 Å². The van der Waals surface area contributed by atoms with Gasteiger partial charge in [0.15, 0.2) is 0 Å². The van der Waals surface area contributed by atoms with Gasteiger partial charge in [-0.15, -0.1) is 0 Å². The maximum atomic E-state index is 11.4.